The van der Waals surface area contributed by atoms with E-state index in [-0.39, 0.29) is 11.6 Å². The number of nitrogens with two attached hydrogens (primary N) is 1. The monoisotopic (exact) mass is 278 g/mol. The SMILES string of the molecule is Cc1c(F)cccc1Nc1ncnc(NN)c1[N+](=O)[O-]. The molecule has 4 N–H and O–H groups in total. The average Bonchev–Trinajstić information content (AvgIpc) is 2.43. The van der Waals surface area contributed by atoms with Crippen LogP contribution in [0.1, 0.15) is 5.56 Å². The summed E-state index contributed by atoms with van der Waals surface area (Å²) in [5.41, 5.74) is 2.40. The number of halogens is 1. The van der Waals surface area contributed by atoms with Crippen LogP contribution in [-0.4, -0.2) is 14.9 Å². The summed E-state index contributed by atoms with van der Waals surface area (Å²) in [5.74, 6) is 4.53. The van der Waals surface area contributed by atoms with Gasteiger partial charge in [-0.1, -0.05) is 6.07 Å². The molecule has 0 radical (unpaired) electrons. The van der Waals surface area contributed by atoms with Gasteiger partial charge in [0.25, 0.3) is 0 Å². The molecule has 20 heavy (non-hydrogen) atoms. The van der Waals surface area contributed by atoms with Crippen LogP contribution in [0.15, 0.2) is 24.5 Å². The van der Waals surface area contributed by atoms with E-state index in [2.05, 4.69) is 20.7 Å². The van der Waals surface area contributed by atoms with Gasteiger partial charge in [-0.2, -0.15) is 0 Å². The van der Waals surface area contributed by atoms with Crippen LogP contribution < -0.4 is 16.6 Å². The Kier molecular flexibility index (Phi) is 3.71. The maximum atomic E-state index is 13.4. The first kappa shape index (κ1) is 13.6. The molecule has 0 fully saturated rings. The lowest BCUT2D eigenvalue weighted by Gasteiger charge is -2.10. The Hall–Kier alpha value is -2.81. The molecule has 1 heterocycles. The normalized spacial score (nSPS) is 10.2. The number of benzene rings is 1. The van der Waals surface area contributed by atoms with Gasteiger partial charge in [0.1, 0.15) is 12.1 Å². The molecular formula is C11H11FN6O2. The van der Waals surface area contributed by atoms with Crippen LogP contribution in [-0.2, 0) is 0 Å². The lowest BCUT2D eigenvalue weighted by atomic mass is 10.2. The minimum absolute atomic E-state index is 0.0772. The maximum Gasteiger partial charge on any atom is 0.354 e. The molecule has 0 unspecified atom stereocenters. The largest absolute Gasteiger partial charge is 0.354 e. The molecule has 0 atom stereocenters. The Morgan fingerprint density at radius 1 is 1.35 bits per heavy atom. The molecule has 0 aliphatic heterocycles. The van der Waals surface area contributed by atoms with Crippen molar-refractivity contribution in [1.82, 2.24) is 9.97 Å². The summed E-state index contributed by atoms with van der Waals surface area (Å²) in [7, 11) is 0. The highest BCUT2D eigenvalue weighted by Gasteiger charge is 2.23. The predicted octanol–water partition coefficient (Wildman–Crippen LogP) is 1.86. The summed E-state index contributed by atoms with van der Waals surface area (Å²) < 4.78 is 13.4. The fourth-order valence-electron chi connectivity index (χ4n) is 1.62. The molecule has 2 rings (SSSR count). The summed E-state index contributed by atoms with van der Waals surface area (Å²) in [6.07, 6.45) is 1.11. The van der Waals surface area contributed by atoms with Crippen molar-refractivity contribution in [2.24, 2.45) is 5.84 Å². The van der Waals surface area contributed by atoms with E-state index >= 15 is 0 Å². The number of anilines is 3. The molecule has 0 spiro atoms. The third kappa shape index (κ3) is 2.47. The number of hydrazine groups is 1. The van der Waals surface area contributed by atoms with Crippen molar-refractivity contribution in [3.05, 3.63) is 46.0 Å². The highest BCUT2D eigenvalue weighted by Crippen LogP contribution is 2.31. The molecule has 104 valence electrons. The van der Waals surface area contributed by atoms with Crippen molar-refractivity contribution >= 4 is 23.0 Å². The number of hydrogen-bond donors (Lipinski definition) is 3. The van der Waals surface area contributed by atoms with Crippen molar-refractivity contribution in [2.45, 2.75) is 6.92 Å². The van der Waals surface area contributed by atoms with E-state index in [1.165, 1.54) is 12.1 Å². The van der Waals surface area contributed by atoms with E-state index in [0.29, 0.717) is 11.3 Å². The number of rotatable bonds is 4. The lowest BCUT2D eigenvalue weighted by molar-refractivity contribution is -0.383. The van der Waals surface area contributed by atoms with Crippen molar-refractivity contribution in [3.8, 4) is 0 Å². The van der Waals surface area contributed by atoms with Gasteiger partial charge in [0.2, 0.25) is 11.6 Å². The Bertz CT molecular complexity index is 663. The third-order valence-corrected chi connectivity index (χ3v) is 2.66. The van der Waals surface area contributed by atoms with Crippen molar-refractivity contribution < 1.29 is 9.31 Å². The summed E-state index contributed by atoms with van der Waals surface area (Å²) in [4.78, 5) is 17.8. The number of aromatic nitrogens is 2. The molecule has 0 saturated carbocycles. The highest BCUT2D eigenvalue weighted by atomic mass is 19.1. The van der Waals surface area contributed by atoms with E-state index in [9.17, 15) is 14.5 Å². The number of hydrogen-bond acceptors (Lipinski definition) is 7. The van der Waals surface area contributed by atoms with E-state index < -0.39 is 16.4 Å². The van der Waals surface area contributed by atoms with Crippen LogP contribution in [0.2, 0.25) is 0 Å². The van der Waals surface area contributed by atoms with Gasteiger partial charge >= 0.3 is 5.69 Å². The van der Waals surface area contributed by atoms with Gasteiger partial charge in [-0.05, 0) is 19.1 Å². The van der Waals surface area contributed by atoms with Crippen LogP contribution in [0.25, 0.3) is 0 Å². The molecule has 9 heteroatoms. The Morgan fingerprint density at radius 3 is 2.70 bits per heavy atom. The van der Waals surface area contributed by atoms with E-state index in [1.54, 1.807) is 13.0 Å². The fraction of sp³-hybridized carbons (Fsp3) is 0.0909. The maximum absolute atomic E-state index is 13.4. The minimum atomic E-state index is -0.674. The minimum Gasteiger partial charge on any atom is -0.334 e. The predicted molar refractivity (Wildman–Crippen MR) is 70.9 cm³/mol. The second-order valence-electron chi connectivity index (χ2n) is 3.86. The Balaban J connectivity index is 2.48. The molecule has 1 aromatic heterocycles. The van der Waals surface area contributed by atoms with Crippen molar-refractivity contribution in [1.29, 1.82) is 0 Å². The van der Waals surface area contributed by atoms with E-state index in [0.717, 1.165) is 6.33 Å². The molecule has 1 aromatic carbocycles. The molecule has 0 aliphatic rings. The van der Waals surface area contributed by atoms with Crippen LogP contribution in [0, 0.1) is 22.9 Å². The number of nitrogens with one attached hydrogen (secondary N) is 2. The standard InChI is InChI=1S/C11H11FN6O2/c1-6-7(12)3-2-4-8(6)16-10-9(18(19)20)11(17-13)15-5-14-10/h2-5H,13H2,1H3,(H2,14,15,16,17). The third-order valence-electron chi connectivity index (χ3n) is 2.66. The molecule has 8 nitrogen and oxygen atoms in total. The second kappa shape index (κ2) is 5.45. The average molecular weight is 278 g/mol. The van der Waals surface area contributed by atoms with Gasteiger partial charge in [0, 0.05) is 11.3 Å². The molecule has 0 bridgehead atoms. The molecule has 0 amide bonds. The Morgan fingerprint density at radius 2 is 2.05 bits per heavy atom. The van der Waals surface area contributed by atoms with Gasteiger partial charge in [0.05, 0.1) is 4.92 Å². The zero-order chi connectivity index (χ0) is 14.7. The van der Waals surface area contributed by atoms with Gasteiger partial charge < -0.3 is 10.7 Å². The molecule has 0 saturated heterocycles. The highest BCUT2D eigenvalue weighted by molar-refractivity contribution is 5.74. The van der Waals surface area contributed by atoms with E-state index in [4.69, 9.17) is 5.84 Å². The fourth-order valence-corrected chi connectivity index (χ4v) is 1.62. The summed E-state index contributed by atoms with van der Waals surface area (Å²) in [5, 5.41) is 13.8. The van der Waals surface area contributed by atoms with Gasteiger partial charge in [-0.25, -0.2) is 20.2 Å². The van der Waals surface area contributed by atoms with E-state index in [1.807, 2.05) is 0 Å². The van der Waals surface area contributed by atoms with Crippen molar-refractivity contribution in [2.75, 3.05) is 10.7 Å². The molecular weight excluding hydrogens is 267 g/mol. The van der Waals surface area contributed by atoms with Gasteiger partial charge in [-0.3, -0.25) is 10.1 Å². The number of nitrogens with zero attached hydrogens (tertiary/aromatic N) is 3. The molecule has 0 aliphatic carbocycles. The number of nitrogen functional groups attached to an aromatic ring is 1. The van der Waals surface area contributed by atoms with Crippen LogP contribution in [0.4, 0.5) is 27.4 Å². The smallest absolute Gasteiger partial charge is 0.334 e. The van der Waals surface area contributed by atoms with Crippen molar-refractivity contribution in [3.63, 3.8) is 0 Å². The zero-order valence-electron chi connectivity index (χ0n) is 10.4. The summed E-state index contributed by atoms with van der Waals surface area (Å²) >= 11 is 0. The first-order chi connectivity index (χ1) is 9.54. The van der Waals surface area contributed by atoms with Crippen LogP contribution in [0.5, 0.6) is 0 Å². The van der Waals surface area contributed by atoms with Crippen LogP contribution >= 0.6 is 0 Å². The lowest BCUT2D eigenvalue weighted by Crippen LogP contribution is -2.13. The second-order valence-corrected chi connectivity index (χ2v) is 3.86. The van der Waals surface area contributed by atoms with Crippen LogP contribution in [0.3, 0.4) is 0 Å². The Labute approximate surface area is 113 Å². The summed E-state index contributed by atoms with van der Waals surface area (Å²) in [6, 6.07) is 4.36. The first-order valence-corrected chi connectivity index (χ1v) is 5.52. The number of nitro groups is 1. The molecule has 2 aromatic rings. The first-order valence-electron chi connectivity index (χ1n) is 5.52. The van der Waals surface area contributed by atoms with Gasteiger partial charge in [0.15, 0.2) is 0 Å². The summed E-state index contributed by atoms with van der Waals surface area (Å²) in [6.45, 7) is 1.55. The van der Waals surface area contributed by atoms with Gasteiger partial charge in [-0.15, -0.1) is 0 Å². The quantitative estimate of drug-likeness (QED) is 0.443. The zero-order valence-corrected chi connectivity index (χ0v) is 10.4. The topological polar surface area (TPSA) is 119 Å².